The average Bonchev–Trinajstić information content (AvgIpc) is 2.19. The van der Waals surface area contributed by atoms with E-state index in [2.05, 4.69) is 10.3 Å². The highest BCUT2D eigenvalue weighted by atomic mass is 16.3. The summed E-state index contributed by atoms with van der Waals surface area (Å²) in [4.78, 5) is 4.02. The third-order valence-electron chi connectivity index (χ3n) is 1.67. The molecule has 0 radical (unpaired) electrons. The predicted octanol–water partition coefficient (Wildman–Crippen LogP) is 0.794. The molecule has 0 aromatic heterocycles. The molecule has 76 valence electrons. The van der Waals surface area contributed by atoms with Crippen LogP contribution in [0.25, 0.3) is 0 Å². The fraction of sp³-hybridized carbons (Fsp3) is 0.300. The largest absolute Gasteiger partial charge is 0.394 e. The van der Waals surface area contributed by atoms with E-state index in [1.165, 1.54) is 0 Å². The minimum Gasteiger partial charge on any atom is -0.394 e. The first-order valence-corrected chi connectivity index (χ1v) is 4.48. The third-order valence-corrected chi connectivity index (χ3v) is 1.67. The Kier molecular flexibility index (Phi) is 3.94. The van der Waals surface area contributed by atoms with Gasteiger partial charge in [0, 0.05) is 5.69 Å². The maximum Gasteiger partial charge on any atom is 0.193 e. The average molecular weight is 193 g/mol. The molecule has 1 unspecified atom stereocenters. The van der Waals surface area contributed by atoms with Gasteiger partial charge in [0.2, 0.25) is 0 Å². The number of anilines is 1. The second-order valence-corrected chi connectivity index (χ2v) is 3.04. The molecule has 4 N–H and O–H groups in total. The van der Waals surface area contributed by atoms with Gasteiger partial charge in [0.15, 0.2) is 5.96 Å². The predicted molar refractivity (Wildman–Crippen MR) is 58.2 cm³/mol. The highest BCUT2D eigenvalue weighted by Gasteiger charge is 1.98. The van der Waals surface area contributed by atoms with Gasteiger partial charge in [0.25, 0.3) is 0 Å². The van der Waals surface area contributed by atoms with Crippen LogP contribution in [0.4, 0.5) is 5.69 Å². The van der Waals surface area contributed by atoms with E-state index in [1.54, 1.807) is 6.92 Å². The standard InChI is InChI=1S/C10H15N3O/c1-8(7-14)12-10(11)13-9-5-3-2-4-6-9/h2-6,8,14H,7H2,1H3,(H3,11,12,13). The maximum atomic E-state index is 8.76. The van der Waals surface area contributed by atoms with E-state index in [-0.39, 0.29) is 12.6 Å². The molecule has 0 aliphatic rings. The van der Waals surface area contributed by atoms with Crippen LogP contribution < -0.4 is 11.1 Å². The number of guanidine groups is 1. The fourth-order valence-corrected chi connectivity index (χ4v) is 0.980. The molecule has 4 heteroatoms. The SMILES string of the molecule is CC(CO)N=C(N)Nc1ccccc1. The molecule has 14 heavy (non-hydrogen) atoms. The monoisotopic (exact) mass is 193 g/mol. The lowest BCUT2D eigenvalue weighted by molar-refractivity contribution is 0.274. The van der Waals surface area contributed by atoms with Crippen LogP contribution in [0.3, 0.4) is 0 Å². The van der Waals surface area contributed by atoms with Crippen molar-refractivity contribution in [1.82, 2.24) is 0 Å². The first kappa shape index (κ1) is 10.5. The Morgan fingerprint density at radius 1 is 1.50 bits per heavy atom. The molecule has 0 saturated heterocycles. The summed E-state index contributed by atoms with van der Waals surface area (Å²) < 4.78 is 0. The number of nitrogens with two attached hydrogens (primary N) is 1. The number of para-hydroxylation sites is 1. The van der Waals surface area contributed by atoms with Crippen LogP contribution in [-0.4, -0.2) is 23.7 Å². The highest BCUT2D eigenvalue weighted by molar-refractivity contribution is 5.92. The minimum atomic E-state index is -0.175. The van der Waals surface area contributed by atoms with Crippen molar-refractivity contribution in [3.63, 3.8) is 0 Å². The van der Waals surface area contributed by atoms with Crippen molar-refractivity contribution in [2.24, 2.45) is 10.7 Å². The number of nitrogens with one attached hydrogen (secondary N) is 1. The summed E-state index contributed by atoms with van der Waals surface area (Å²) in [6, 6.07) is 9.36. The molecule has 1 aromatic carbocycles. The summed E-state index contributed by atoms with van der Waals surface area (Å²) in [6.07, 6.45) is 0. The Morgan fingerprint density at radius 3 is 2.71 bits per heavy atom. The van der Waals surface area contributed by atoms with Crippen molar-refractivity contribution in [2.45, 2.75) is 13.0 Å². The fourth-order valence-electron chi connectivity index (χ4n) is 0.980. The van der Waals surface area contributed by atoms with E-state index >= 15 is 0 Å². The summed E-state index contributed by atoms with van der Waals surface area (Å²) in [6.45, 7) is 1.79. The number of aliphatic hydroxyl groups excluding tert-OH is 1. The van der Waals surface area contributed by atoms with Gasteiger partial charge in [-0.15, -0.1) is 0 Å². The van der Waals surface area contributed by atoms with Gasteiger partial charge in [-0.05, 0) is 19.1 Å². The smallest absolute Gasteiger partial charge is 0.193 e. The number of aliphatic hydroxyl groups is 1. The Morgan fingerprint density at radius 2 is 2.14 bits per heavy atom. The second kappa shape index (κ2) is 5.24. The summed E-state index contributed by atoms with van der Waals surface area (Å²) in [7, 11) is 0. The quantitative estimate of drug-likeness (QED) is 0.491. The van der Waals surface area contributed by atoms with Crippen LogP contribution in [0, 0.1) is 0 Å². The van der Waals surface area contributed by atoms with Crippen LogP contribution in [0.2, 0.25) is 0 Å². The van der Waals surface area contributed by atoms with Crippen LogP contribution in [0.15, 0.2) is 35.3 Å². The second-order valence-electron chi connectivity index (χ2n) is 3.04. The molecular weight excluding hydrogens is 178 g/mol. The Balaban J connectivity index is 2.57. The molecule has 1 rings (SSSR count). The zero-order valence-electron chi connectivity index (χ0n) is 8.14. The van der Waals surface area contributed by atoms with E-state index in [0.717, 1.165) is 5.69 Å². The molecule has 0 bridgehead atoms. The number of aliphatic imine (C=N–C) groups is 1. The van der Waals surface area contributed by atoms with Crippen molar-refractivity contribution in [3.05, 3.63) is 30.3 Å². The molecule has 1 aromatic rings. The normalized spacial score (nSPS) is 13.7. The molecule has 0 aliphatic heterocycles. The lowest BCUT2D eigenvalue weighted by Gasteiger charge is -2.07. The summed E-state index contributed by atoms with van der Waals surface area (Å²) >= 11 is 0. The molecule has 0 heterocycles. The van der Waals surface area contributed by atoms with E-state index in [1.807, 2.05) is 30.3 Å². The van der Waals surface area contributed by atoms with E-state index in [0.29, 0.717) is 5.96 Å². The number of nitrogens with zero attached hydrogens (tertiary/aromatic N) is 1. The topological polar surface area (TPSA) is 70.6 Å². The van der Waals surface area contributed by atoms with Crippen molar-refractivity contribution in [1.29, 1.82) is 0 Å². The van der Waals surface area contributed by atoms with E-state index in [4.69, 9.17) is 10.8 Å². The summed E-state index contributed by atoms with van der Waals surface area (Å²) in [5, 5.41) is 11.7. The van der Waals surface area contributed by atoms with Gasteiger partial charge in [-0.3, -0.25) is 0 Å². The van der Waals surface area contributed by atoms with Gasteiger partial charge in [-0.2, -0.15) is 0 Å². The van der Waals surface area contributed by atoms with Gasteiger partial charge >= 0.3 is 0 Å². The summed E-state index contributed by atoms with van der Waals surface area (Å²) in [5.74, 6) is 0.317. The van der Waals surface area contributed by atoms with Gasteiger partial charge in [0.05, 0.1) is 12.6 Å². The molecule has 0 amide bonds. The van der Waals surface area contributed by atoms with E-state index < -0.39 is 0 Å². The van der Waals surface area contributed by atoms with Crippen molar-refractivity contribution < 1.29 is 5.11 Å². The number of rotatable bonds is 3. The van der Waals surface area contributed by atoms with Crippen LogP contribution in [0.1, 0.15) is 6.92 Å². The van der Waals surface area contributed by atoms with Crippen molar-refractivity contribution >= 4 is 11.6 Å². The van der Waals surface area contributed by atoms with Crippen LogP contribution >= 0.6 is 0 Å². The Labute approximate surface area is 83.5 Å². The summed E-state index contributed by atoms with van der Waals surface area (Å²) in [5.41, 5.74) is 6.50. The zero-order chi connectivity index (χ0) is 10.4. The van der Waals surface area contributed by atoms with Gasteiger partial charge < -0.3 is 16.2 Å². The minimum absolute atomic E-state index is 0.00281. The van der Waals surface area contributed by atoms with Gasteiger partial charge in [-0.25, -0.2) is 4.99 Å². The maximum absolute atomic E-state index is 8.76. The van der Waals surface area contributed by atoms with Crippen molar-refractivity contribution in [2.75, 3.05) is 11.9 Å². The number of hydrogen-bond donors (Lipinski definition) is 3. The Hall–Kier alpha value is -1.55. The van der Waals surface area contributed by atoms with Gasteiger partial charge in [0.1, 0.15) is 0 Å². The third kappa shape index (κ3) is 3.45. The molecule has 0 fully saturated rings. The molecule has 0 saturated carbocycles. The highest BCUT2D eigenvalue weighted by Crippen LogP contribution is 2.04. The Bertz CT molecular complexity index is 297. The van der Waals surface area contributed by atoms with Crippen LogP contribution in [-0.2, 0) is 0 Å². The van der Waals surface area contributed by atoms with Crippen LogP contribution in [0.5, 0.6) is 0 Å². The van der Waals surface area contributed by atoms with E-state index in [9.17, 15) is 0 Å². The molecular formula is C10H15N3O. The lowest BCUT2D eigenvalue weighted by atomic mass is 10.3. The lowest BCUT2D eigenvalue weighted by Crippen LogP contribution is -2.25. The molecule has 0 aliphatic carbocycles. The first-order valence-electron chi connectivity index (χ1n) is 4.48. The molecule has 4 nitrogen and oxygen atoms in total. The zero-order valence-corrected chi connectivity index (χ0v) is 8.14. The van der Waals surface area contributed by atoms with Gasteiger partial charge in [-0.1, -0.05) is 18.2 Å². The van der Waals surface area contributed by atoms with Crippen molar-refractivity contribution in [3.8, 4) is 0 Å². The molecule has 1 atom stereocenters. The first-order chi connectivity index (χ1) is 6.72. The number of hydrogen-bond acceptors (Lipinski definition) is 2. The molecule has 0 spiro atoms. The number of benzene rings is 1.